The van der Waals surface area contributed by atoms with Gasteiger partial charge in [-0.2, -0.15) is 0 Å². The number of H-pyrrole nitrogens is 2. The van der Waals surface area contributed by atoms with Crippen molar-refractivity contribution in [2.24, 2.45) is 0 Å². The van der Waals surface area contributed by atoms with Crippen LogP contribution in [0.3, 0.4) is 0 Å². The summed E-state index contributed by atoms with van der Waals surface area (Å²) in [4.78, 5) is 42.1. The molecule has 0 saturated carbocycles. The first-order chi connectivity index (χ1) is 18.8. The average Bonchev–Trinajstić information content (AvgIpc) is 3.19. The Labute approximate surface area is 231 Å². The van der Waals surface area contributed by atoms with Gasteiger partial charge in [-0.05, 0) is 77.4 Å². The van der Waals surface area contributed by atoms with Gasteiger partial charge < -0.3 is 19.3 Å². The topological polar surface area (TPSA) is 128 Å². The van der Waals surface area contributed by atoms with E-state index in [0.29, 0.717) is 23.8 Å². The van der Waals surface area contributed by atoms with E-state index < -0.39 is 17.6 Å². The molecule has 0 saturated heterocycles. The van der Waals surface area contributed by atoms with E-state index in [1.165, 1.54) is 32.2 Å². The third-order valence-corrected chi connectivity index (χ3v) is 4.91. The summed E-state index contributed by atoms with van der Waals surface area (Å²) in [5.74, 6) is -1.14. The van der Waals surface area contributed by atoms with Gasteiger partial charge in [-0.3, -0.25) is 24.3 Å². The molecule has 0 aliphatic carbocycles. The molecule has 0 radical (unpaired) electrons. The molecule has 2 aromatic carbocycles. The fourth-order valence-electron chi connectivity index (χ4n) is 3.11. The van der Waals surface area contributed by atoms with Crippen LogP contribution in [0.25, 0.3) is 0 Å². The van der Waals surface area contributed by atoms with Gasteiger partial charge in [0.25, 0.3) is 5.56 Å². The number of halogens is 2. The maximum atomic E-state index is 13.8. The number of carbonyl (C=O) groups is 3. The monoisotopic (exact) mass is 562 g/mol. The molecular formula is C29H36F2N2O7. The van der Waals surface area contributed by atoms with Crippen molar-refractivity contribution in [3.63, 3.8) is 0 Å². The summed E-state index contributed by atoms with van der Waals surface area (Å²) >= 11 is 0. The Bertz CT molecular complexity index is 1330. The standard InChI is InChI=1S/C14H17FN2O2.C10H11FO2.C5H8O3/c1-8(2)19-13-5-4-10(7-12(13)15)6-11-9(3)16-17-14(11)18;1-7(2)13-10-4-3-8(6-12)5-9(10)11;1-4(6)3-5(7)8-2/h4-5,7-8H,6H2,1-3H3,(H2,16,17,18);3-7H,1-2H3;3H2,1-2H3. The van der Waals surface area contributed by atoms with Crippen molar-refractivity contribution < 1.29 is 37.4 Å². The van der Waals surface area contributed by atoms with Crippen molar-refractivity contribution in [3.8, 4) is 11.5 Å². The second kappa shape index (κ2) is 16.6. The van der Waals surface area contributed by atoms with Crippen LogP contribution in [0.15, 0.2) is 41.2 Å². The van der Waals surface area contributed by atoms with Crippen LogP contribution in [0.5, 0.6) is 11.5 Å². The molecule has 0 spiro atoms. The summed E-state index contributed by atoms with van der Waals surface area (Å²) in [6, 6.07) is 8.91. The normalized spacial score (nSPS) is 10.2. The molecule has 0 amide bonds. The lowest BCUT2D eigenvalue weighted by atomic mass is 10.1. The third-order valence-electron chi connectivity index (χ3n) is 4.91. The van der Waals surface area contributed by atoms with E-state index >= 15 is 0 Å². The predicted molar refractivity (Wildman–Crippen MR) is 146 cm³/mol. The van der Waals surface area contributed by atoms with Gasteiger partial charge in [0.1, 0.15) is 18.5 Å². The molecule has 218 valence electrons. The van der Waals surface area contributed by atoms with E-state index in [1.807, 2.05) is 27.7 Å². The molecule has 11 heteroatoms. The van der Waals surface area contributed by atoms with E-state index in [9.17, 15) is 28.0 Å². The lowest BCUT2D eigenvalue weighted by Gasteiger charge is -2.11. The first-order valence-electron chi connectivity index (χ1n) is 12.5. The highest BCUT2D eigenvalue weighted by atomic mass is 19.1. The Morgan fingerprint density at radius 3 is 1.85 bits per heavy atom. The fraction of sp³-hybridized carbons (Fsp3) is 0.379. The van der Waals surface area contributed by atoms with Crippen LogP contribution >= 0.6 is 0 Å². The Balaban J connectivity index is 0.000000331. The van der Waals surface area contributed by atoms with Crippen molar-refractivity contribution >= 4 is 18.0 Å². The van der Waals surface area contributed by atoms with Gasteiger partial charge in [0.05, 0.1) is 19.3 Å². The third kappa shape index (κ3) is 12.1. The van der Waals surface area contributed by atoms with E-state index in [0.717, 1.165) is 17.3 Å². The molecule has 3 rings (SSSR count). The number of hydrogen-bond donors (Lipinski definition) is 2. The first kappa shape index (κ1) is 33.7. The van der Waals surface area contributed by atoms with Crippen LogP contribution < -0.4 is 15.0 Å². The number of rotatable bonds is 9. The zero-order valence-electron chi connectivity index (χ0n) is 23.7. The zero-order valence-corrected chi connectivity index (χ0v) is 23.7. The zero-order chi connectivity index (χ0) is 30.4. The number of carbonyl (C=O) groups excluding carboxylic acids is 3. The quantitative estimate of drug-likeness (QED) is 0.211. The molecule has 0 aliphatic rings. The van der Waals surface area contributed by atoms with Crippen molar-refractivity contribution in [1.82, 2.24) is 10.2 Å². The summed E-state index contributed by atoms with van der Waals surface area (Å²) in [5.41, 5.74) is 2.28. The van der Waals surface area contributed by atoms with Crippen LogP contribution in [0, 0.1) is 18.6 Å². The lowest BCUT2D eigenvalue weighted by Crippen LogP contribution is -2.09. The first-order valence-corrected chi connectivity index (χ1v) is 12.5. The van der Waals surface area contributed by atoms with E-state index in [2.05, 4.69) is 14.9 Å². The van der Waals surface area contributed by atoms with Crippen LogP contribution in [0.4, 0.5) is 8.78 Å². The maximum absolute atomic E-state index is 13.8. The highest BCUT2D eigenvalue weighted by molar-refractivity contribution is 5.93. The Hall–Kier alpha value is -4.28. The van der Waals surface area contributed by atoms with Gasteiger partial charge in [-0.1, -0.05) is 6.07 Å². The fourth-order valence-corrected chi connectivity index (χ4v) is 3.11. The molecular weight excluding hydrogens is 526 g/mol. The van der Waals surface area contributed by atoms with Crippen molar-refractivity contribution in [2.45, 2.75) is 66.6 Å². The Morgan fingerprint density at radius 1 is 0.925 bits per heavy atom. The number of ether oxygens (including phenoxy) is 3. The minimum atomic E-state index is -0.502. The number of aromatic amines is 2. The number of methoxy groups -OCH3 is 1. The van der Waals surface area contributed by atoms with E-state index in [-0.39, 0.29) is 41.5 Å². The summed E-state index contributed by atoms with van der Waals surface area (Å²) in [5, 5.41) is 5.26. The average molecular weight is 563 g/mol. The van der Waals surface area contributed by atoms with Crippen LogP contribution in [0.2, 0.25) is 0 Å². The number of esters is 1. The number of aldehydes is 1. The minimum absolute atomic E-state index is 0.0726. The molecule has 2 N–H and O–H groups in total. The van der Waals surface area contributed by atoms with Gasteiger partial charge >= 0.3 is 5.97 Å². The van der Waals surface area contributed by atoms with Gasteiger partial charge in [-0.25, -0.2) is 8.78 Å². The van der Waals surface area contributed by atoms with Crippen molar-refractivity contribution in [2.75, 3.05) is 7.11 Å². The minimum Gasteiger partial charge on any atom is -0.488 e. The summed E-state index contributed by atoms with van der Waals surface area (Å²) in [7, 11) is 1.26. The number of aryl methyl sites for hydroxylation is 1. The largest absolute Gasteiger partial charge is 0.488 e. The second-order valence-corrected chi connectivity index (χ2v) is 9.22. The molecule has 0 aliphatic heterocycles. The number of benzene rings is 2. The van der Waals surface area contributed by atoms with Crippen LogP contribution in [0.1, 0.15) is 68.2 Å². The van der Waals surface area contributed by atoms with Crippen molar-refractivity contribution in [3.05, 3.63) is 80.8 Å². The molecule has 0 atom stereocenters. The van der Waals surface area contributed by atoms with Crippen LogP contribution in [-0.4, -0.2) is 47.6 Å². The SMILES string of the molecule is CC(C)Oc1ccc(C=O)cc1F.COC(=O)CC(C)=O.Cc1[nH][nH]c(=O)c1Cc1ccc(OC(C)C)c(F)c1. The van der Waals surface area contributed by atoms with Crippen molar-refractivity contribution in [1.29, 1.82) is 0 Å². The smallest absolute Gasteiger partial charge is 0.313 e. The molecule has 0 fully saturated rings. The van der Waals surface area contributed by atoms with Crippen LogP contribution in [-0.2, 0) is 20.7 Å². The number of Topliss-reactive ketones (excluding diaryl/α,β-unsaturated/α-hetero) is 1. The lowest BCUT2D eigenvalue weighted by molar-refractivity contribution is -0.142. The molecule has 3 aromatic rings. The number of aromatic nitrogens is 2. The molecule has 40 heavy (non-hydrogen) atoms. The second-order valence-electron chi connectivity index (χ2n) is 9.22. The van der Waals surface area contributed by atoms with E-state index in [1.54, 1.807) is 19.1 Å². The highest BCUT2D eigenvalue weighted by Gasteiger charge is 2.11. The summed E-state index contributed by atoms with van der Waals surface area (Å²) in [6.07, 6.45) is 0.731. The Kier molecular flexibility index (Phi) is 14.0. The molecule has 0 bridgehead atoms. The Morgan fingerprint density at radius 2 is 1.48 bits per heavy atom. The molecule has 0 unspecified atom stereocenters. The number of nitrogens with one attached hydrogen (secondary N) is 2. The van der Waals surface area contributed by atoms with Gasteiger partial charge in [0.15, 0.2) is 23.1 Å². The predicted octanol–water partition coefficient (Wildman–Crippen LogP) is 5.09. The number of ketones is 1. The molecule has 1 aromatic heterocycles. The van der Waals surface area contributed by atoms with Gasteiger partial charge in [-0.15, -0.1) is 0 Å². The summed E-state index contributed by atoms with van der Waals surface area (Å²) in [6.45, 7) is 10.5. The maximum Gasteiger partial charge on any atom is 0.313 e. The molecule has 1 heterocycles. The number of hydrogen-bond acceptors (Lipinski definition) is 7. The summed E-state index contributed by atoms with van der Waals surface area (Å²) < 4.78 is 41.6. The molecule has 9 nitrogen and oxygen atoms in total. The van der Waals surface area contributed by atoms with E-state index in [4.69, 9.17) is 9.47 Å². The van der Waals surface area contributed by atoms with Gasteiger partial charge in [0.2, 0.25) is 0 Å². The highest BCUT2D eigenvalue weighted by Crippen LogP contribution is 2.21. The van der Waals surface area contributed by atoms with Gasteiger partial charge in [0, 0.05) is 23.2 Å².